The average Bonchev–Trinajstić information content (AvgIpc) is 3.47. The van der Waals surface area contributed by atoms with E-state index in [9.17, 15) is 14.4 Å². The van der Waals surface area contributed by atoms with Crippen molar-refractivity contribution < 1.29 is 28.6 Å². The SMILES string of the molecule is CC/C=C\C/C=C\C/C=C\C/C=C\C/C=C\C/C=C\CCC(=O)OC(COC(=O)CCCCCCCCCCCCCCCCC/C=C\C/C=C\CCCCCCC)COC(=O)CCCCCCCCCCCCCCCCCCCC. The van der Waals surface area contributed by atoms with Crippen molar-refractivity contribution in [1.29, 1.82) is 0 Å². The van der Waals surface area contributed by atoms with Crippen LogP contribution in [0.1, 0.15) is 348 Å². The largest absolute Gasteiger partial charge is 0.462 e. The van der Waals surface area contributed by atoms with Crippen LogP contribution in [-0.2, 0) is 28.6 Å². The molecule has 0 N–H and O–H groups in total. The van der Waals surface area contributed by atoms with Crippen molar-refractivity contribution in [2.75, 3.05) is 13.2 Å². The predicted octanol–water partition coefficient (Wildman–Crippen LogP) is 24.4. The first kappa shape index (κ1) is 78.3. The van der Waals surface area contributed by atoms with Gasteiger partial charge in [-0.05, 0) is 89.9 Å². The lowest BCUT2D eigenvalue weighted by molar-refractivity contribution is -0.166. The smallest absolute Gasteiger partial charge is 0.306 e. The Morgan fingerprint density at radius 1 is 0.256 bits per heavy atom. The third-order valence-electron chi connectivity index (χ3n) is 15.3. The van der Waals surface area contributed by atoms with Crippen LogP contribution in [0.3, 0.4) is 0 Å². The Morgan fingerprint density at radius 3 is 0.793 bits per heavy atom. The molecule has 0 saturated heterocycles. The maximum Gasteiger partial charge on any atom is 0.306 e. The lowest BCUT2D eigenvalue weighted by Crippen LogP contribution is -2.30. The van der Waals surface area contributed by atoms with Crippen LogP contribution < -0.4 is 0 Å². The molecule has 0 amide bonds. The van der Waals surface area contributed by atoms with E-state index in [1.54, 1.807) is 0 Å². The standard InChI is InChI=1S/C76H132O6/c1-4-7-10-13-16-19-22-25-28-31-34-35-36-37-38-39-40-41-43-45-48-51-54-57-60-63-66-69-75(78)81-72-73(71-80-74(77)68-65-62-59-56-53-50-47-44-33-30-27-24-21-18-15-12-9-6-3)82-76(79)70-67-64-61-58-55-52-49-46-42-32-29-26-23-20-17-14-11-8-5-2/h8,11,17,20,22,25-26,29,31,34,42,46,52,55,61,64,73H,4-7,9-10,12-16,18-19,21,23-24,27-28,30,32-33,35-41,43-45,47-51,53-54,56-60,62-63,65-72H2,1-3H3/b11-8-,20-17-,25-22-,29-26-,34-31-,46-42-,55-52-,64-61-. The lowest BCUT2D eigenvalue weighted by atomic mass is 10.0. The Bertz CT molecular complexity index is 1590. The van der Waals surface area contributed by atoms with Gasteiger partial charge in [0.15, 0.2) is 6.10 Å². The topological polar surface area (TPSA) is 78.9 Å². The first-order chi connectivity index (χ1) is 40.5. The molecule has 82 heavy (non-hydrogen) atoms. The minimum atomic E-state index is -0.819. The number of carbonyl (C=O) groups is 3. The van der Waals surface area contributed by atoms with Gasteiger partial charge < -0.3 is 14.2 Å². The predicted molar refractivity (Wildman–Crippen MR) is 357 cm³/mol. The maximum absolute atomic E-state index is 12.9. The van der Waals surface area contributed by atoms with Crippen LogP contribution in [0.4, 0.5) is 0 Å². The van der Waals surface area contributed by atoms with Gasteiger partial charge in [0, 0.05) is 19.3 Å². The molecule has 472 valence electrons. The molecule has 0 radical (unpaired) electrons. The fourth-order valence-corrected chi connectivity index (χ4v) is 10.1. The Balaban J connectivity index is 4.38. The molecule has 6 nitrogen and oxygen atoms in total. The highest BCUT2D eigenvalue weighted by atomic mass is 16.6. The molecule has 0 aliphatic rings. The van der Waals surface area contributed by atoms with Gasteiger partial charge in [0.25, 0.3) is 0 Å². The Kier molecular flexibility index (Phi) is 66.7. The third-order valence-corrected chi connectivity index (χ3v) is 15.3. The molecule has 1 unspecified atom stereocenters. The summed E-state index contributed by atoms with van der Waals surface area (Å²) in [5.41, 5.74) is 0. The highest BCUT2D eigenvalue weighted by Gasteiger charge is 2.19. The van der Waals surface area contributed by atoms with Crippen LogP contribution in [-0.4, -0.2) is 37.2 Å². The molecule has 0 heterocycles. The zero-order valence-electron chi connectivity index (χ0n) is 54.2. The molecule has 0 spiro atoms. The van der Waals surface area contributed by atoms with E-state index in [2.05, 4.69) is 112 Å². The second-order valence-electron chi connectivity index (χ2n) is 23.4. The molecular weight excluding hydrogens is 1010 g/mol. The monoisotopic (exact) mass is 1140 g/mol. The molecule has 0 aliphatic carbocycles. The van der Waals surface area contributed by atoms with Crippen molar-refractivity contribution >= 4 is 17.9 Å². The quantitative estimate of drug-likeness (QED) is 0.0261. The fraction of sp³-hybridized carbons (Fsp3) is 0.750. The van der Waals surface area contributed by atoms with Crippen LogP contribution in [0, 0.1) is 0 Å². The number of rotatable bonds is 64. The highest BCUT2D eigenvalue weighted by molar-refractivity contribution is 5.71. The number of esters is 3. The molecule has 0 fully saturated rings. The molecule has 0 saturated carbocycles. The van der Waals surface area contributed by atoms with Crippen molar-refractivity contribution in [2.24, 2.45) is 0 Å². The van der Waals surface area contributed by atoms with Gasteiger partial charge in [0.05, 0.1) is 0 Å². The zero-order valence-corrected chi connectivity index (χ0v) is 54.2. The number of hydrogen-bond acceptors (Lipinski definition) is 6. The molecule has 0 bridgehead atoms. The summed E-state index contributed by atoms with van der Waals surface area (Å²) in [4.78, 5) is 38.4. The van der Waals surface area contributed by atoms with E-state index in [0.29, 0.717) is 19.3 Å². The van der Waals surface area contributed by atoms with E-state index in [4.69, 9.17) is 14.2 Å². The number of unbranched alkanes of at least 4 members (excludes halogenated alkanes) is 37. The molecular formula is C76H132O6. The van der Waals surface area contributed by atoms with E-state index in [1.807, 2.05) is 6.08 Å². The minimum absolute atomic E-state index is 0.104. The Labute approximate surface area is 508 Å². The molecule has 6 heteroatoms. The number of carbonyl (C=O) groups excluding carboxylic acids is 3. The summed E-state index contributed by atoms with van der Waals surface area (Å²) >= 11 is 0. The third kappa shape index (κ3) is 67.1. The van der Waals surface area contributed by atoms with Gasteiger partial charge in [-0.3, -0.25) is 14.4 Å². The van der Waals surface area contributed by atoms with E-state index in [1.165, 1.54) is 218 Å². The Hall–Kier alpha value is -3.67. The van der Waals surface area contributed by atoms with Crippen LogP contribution in [0.15, 0.2) is 97.2 Å². The van der Waals surface area contributed by atoms with E-state index in [-0.39, 0.29) is 37.5 Å². The highest BCUT2D eigenvalue weighted by Crippen LogP contribution is 2.17. The van der Waals surface area contributed by atoms with Gasteiger partial charge in [-0.2, -0.15) is 0 Å². The summed E-state index contributed by atoms with van der Waals surface area (Å²) in [7, 11) is 0. The number of hydrogen-bond donors (Lipinski definition) is 0. The van der Waals surface area contributed by atoms with Crippen LogP contribution in [0.25, 0.3) is 0 Å². The van der Waals surface area contributed by atoms with Crippen molar-refractivity contribution in [3.05, 3.63) is 97.2 Å². The molecule has 0 aromatic carbocycles. The van der Waals surface area contributed by atoms with Gasteiger partial charge in [-0.25, -0.2) is 0 Å². The molecule has 0 aromatic heterocycles. The summed E-state index contributed by atoms with van der Waals surface area (Å²) in [5, 5.41) is 0. The second kappa shape index (κ2) is 69.8. The van der Waals surface area contributed by atoms with Gasteiger partial charge in [-0.1, -0.05) is 336 Å². The fourth-order valence-electron chi connectivity index (χ4n) is 10.1. The van der Waals surface area contributed by atoms with Crippen LogP contribution in [0.2, 0.25) is 0 Å². The van der Waals surface area contributed by atoms with E-state index < -0.39 is 6.10 Å². The molecule has 0 rings (SSSR count). The first-order valence-electron chi connectivity index (χ1n) is 35.2. The van der Waals surface area contributed by atoms with Crippen LogP contribution >= 0.6 is 0 Å². The average molecular weight is 1140 g/mol. The summed E-state index contributed by atoms with van der Waals surface area (Å²) in [6.07, 6.45) is 94.5. The number of allylic oxidation sites excluding steroid dienone is 16. The van der Waals surface area contributed by atoms with Crippen molar-refractivity contribution in [1.82, 2.24) is 0 Å². The lowest BCUT2D eigenvalue weighted by Gasteiger charge is -2.18. The van der Waals surface area contributed by atoms with Crippen molar-refractivity contribution in [2.45, 2.75) is 354 Å². The zero-order chi connectivity index (χ0) is 59.2. The number of ether oxygens (including phenoxy) is 3. The van der Waals surface area contributed by atoms with Gasteiger partial charge in [-0.15, -0.1) is 0 Å². The summed E-state index contributed by atoms with van der Waals surface area (Å²) in [5.74, 6) is -0.971. The molecule has 1 atom stereocenters. The van der Waals surface area contributed by atoms with Crippen LogP contribution in [0.5, 0.6) is 0 Å². The normalized spacial score (nSPS) is 12.7. The first-order valence-corrected chi connectivity index (χ1v) is 35.2. The minimum Gasteiger partial charge on any atom is -0.462 e. The van der Waals surface area contributed by atoms with Gasteiger partial charge >= 0.3 is 17.9 Å². The van der Waals surface area contributed by atoms with Crippen molar-refractivity contribution in [3.8, 4) is 0 Å². The molecule has 0 aromatic rings. The molecule has 0 aliphatic heterocycles. The maximum atomic E-state index is 12.9. The summed E-state index contributed by atoms with van der Waals surface area (Å²) in [6.45, 7) is 6.51. The summed E-state index contributed by atoms with van der Waals surface area (Å²) in [6, 6.07) is 0. The van der Waals surface area contributed by atoms with E-state index >= 15 is 0 Å². The van der Waals surface area contributed by atoms with Gasteiger partial charge in [0.2, 0.25) is 0 Å². The summed E-state index contributed by atoms with van der Waals surface area (Å²) < 4.78 is 16.9. The van der Waals surface area contributed by atoms with Gasteiger partial charge in [0.1, 0.15) is 13.2 Å². The van der Waals surface area contributed by atoms with E-state index in [0.717, 1.165) is 83.5 Å². The van der Waals surface area contributed by atoms with Crippen molar-refractivity contribution in [3.63, 3.8) is 0 Å². The Morgan fingerprint density at radius 2 is 0.500 bits per heavy atom. The second-order valence-corrected chi connectivity index (χ2v) is 23.4.